The minimum absolute atomic E-state index is 0.346. The normalized spacial score (nSPS) is 17.3. The Balaban J connectivity index is 1.76. The third kappa shape index (κ3) is 4.44. The van der Waals surface area contributed by atoms with Crippen molar-refractivity contribution in [3.05, 3.63) is 23.9 Å². The Kier molecular flexibility index (Phi) is 5.10. The van der Waals surface area contributed by atoms with Crippen LogP contribution in [0.5, 0.6) is 0 Å². The number of likely N-dealkylation sites (tertiary alicyclic amines) is 1. The predicted molar refractivity (Wildman–Crippen MR) is 83.5 cm³/mol. The highest BCUT2D eigenvalue weighted by atomic mass is 32.1. The fraction of sp³-hybridized carbons (Fsp3) is 0.571. The molecule has 0 unspecified atom stereocenters. The standard InChI is InChI=1S/C14H22N4S/c1-18-9-6-11(7-10-18)5-8-16-13-4-2-3-12(17-13)14(15)19/h2-4,11H,5-10H2,1H3,(H2,15,19)(H,16,17). The second-order valence-corrected chi connectivity index (χ2v) is 5.67. The van der Waals surface area contributed by atoms with E-state index in [1.54, 1.807) is 0 Å². The number of thiocarbonyl (C=S) groups is 1. The van der Waals surface area contributed by atoms with E-state index in [1.807, 2.05) is 18.2 Å². The smallest absolute Gasteiger partial charge is 0.126 e. The molecule has 0 spiro atoms. The lowest BCUT2D eigenvalue weighted by atomic mass is 9.94. The Morgan fingerprint density at radius 3 is 2.89 bits per heavy atom. The van der Waals surface area contributed by atoms with E-state index < -0.39 is 0 Å². The summed E-state index contributed by atoms with van der Waals surface area (Å²) in [4.78, 5) is 7.13. The first-order valence-corrected chi connectivity index (χ1v) is 7.25. The third-order valence-corrected chi connectivity index (χ3v) is 3.91. The summed E-state index contributed by atoms with van der Waals surface area (Å²) >= 11 is 4.93. The van der Waals surface area contributed by atoms with E-state index in [9.17, 15) is 0 Å². The number of rotatable bonds is 5. The minimum Gasteiger partial charge on any atom is -0.388 e. The molecule has 4 nitrogen and oxygen atoms in total. The van der Waals surface area contributed by atoms with Crippen LogP contribution in [0, 0.1) is 5.92 Å². The molecule has 104 valence electrons. The van der Waals surface area contributed by atoms with Crippen LogP contribution in [0.25, 0.3) is 0 Å². The van der Waals surface area contributed by atoms with Crippen molar-refractivity contribution in [3.63, 3.8) is 0 Å². The Morgan fingerprint density at radius 1 is 1.47 bits per heavy atom. The number of nitrogens with two attached hydrogens (primary N) is 1. The van der Waals surface area contributed by atoms with Crippen LogP contribution in [0.4, 0.5) is 5.82 Å². The van der Waals surface area contributed by atoms with E-state index in [-0.39, 0.29) is 0 Å². The molecule has 1 aromatic heterocycles. The maximum absolute atomic E-state index is 5.58. The van der Waals surface area contributed by atoms with Gasteiger partial charge in [0.25, 0.3) is 0 Å². The molecule has 1 aliphatic heterocycles. The van der Waals surface area contributed by atoms with E-state index >= 15 is 0 Å². The summed E-state index contributed by atoms with van der Waals surface area (Å²) in [5, 5.41) is 3.36. The van der Waals surface area contributed by atoms with E-state index in [2.05, 4.69) is 22.2 Å². The molecule has 3 N–H and O–H groups in total. The predicted octanol–water partition coefficient (Wildman–Crippen LogP) is 1.86. The highest BCUT2D eigenvalue weighted by molar-refractivity contribution is 7.80. The number of hydrogen-bond acceptors (Lipinski definition) is 4. The van der Waals surface area contributed by atoms with Crippen molar-refractivity contribution in [2.75, 3.05) is 32.0 Å². The van der Waals surface area contributed by atoms with Crippen LogP contribution < -0.4 is 11.1 Å². The number of hydrogen-bond donors (Lipinski definition) is 2. The van der Waals surface area contributed by atoms with Gasteiger partial charge in [0.05, 0.1) is 5.69 Å². The van der Waals surface area contributed by atoms with Crippen LogP contribution in [-0.4, -0.2) is 41.6 Å². The van der Waals surface area contributed by atoms with Gasteiger partial charge in [-0.2, -0.15) is 0 Å². The van der Waals surface area contributed by atoms with Crippen LogP contribution in [0.15, 0.2) is 18.2 Å². The van der Waals surface area contributed by atoms with Crippen molar-refractivity contribution in [1.82, 2.24) is 9.88 Å². The van der Waals surface area contributed by atoms with Crippen LogP contribution >= 0.6 is 12.2 Å². The molecule has 2 rings (SSSR count). The summed E-state index contributed by atoms with van der Waals surface area (Å²) in [6, 6.07) is 5.72. The maximum atomic E-state index is 5.58. The molecule has 1 saturated heterocycles. The first-order chi connectivity index (χ1) is 9.15. The molecule has 0 radical (unpaired) electrons. The van der Waals surface area contributed by atoms with Crippen LogP contribution in [0.1, 0.15) is 25.0 Å². The van der Waals surface area contributed by atoms with Crippen molar-refractivity contribution in [2.45, 2.75) is 19.3 Å². The molecule has 0 aromatic carbocycles. The highest BCUT2D eigenvalue weighted by Crippen LogP contribution is 2.19. The minimum atomic E-state index is 0.346. The summed E-state index contributed by atoms with van der Waals surface area (Å²) in [7, 11) is 2.19. The summed E-state index contributed by atoms with van der Waals surface area (Å²) in [6.45, 7) is 3.40. The summed E-state index contributed by atoms with van der Waals surface area (Å²) < 4.78 is 0. The van der Waals surface area contributed by atoms with Crippen molar-refractivity contribution in [3.8, 4) is 0 Å². The lowest BCUT2D eigenvalue weighted by Gasteiger charge is -2.28. The zero-order valence-corrected chi connectivity index (χ0v) is 12.2. The van der Waals surface area contributed by atoms with E-state index in [0.29, 0.717) is 10.7 Å². The zero-order valence-electron chi connectivity index (χ0n) is 11.4. The van der Waals surface area contributed by atoms with Crippen molar-refractivity contribution in [2.24, 2.45) is 11.7 Å². The van der Waals surface area contributed by atoms with Gasteiger partial charge in [0.2, 0.25) is 0 Å². The largest absolute Gasteiger partial charge is 0.388 e. The van der Waals surface area contributed by atoms with Gasteiger partial charge in [-0.25, -0.2) is 4.98 Å². The van der Waals surface area contributed by atoms with Crippen molar-refractivity contribution in [1.29, 1.82) is 0 Å². The van der Waals surface area contributed by atoms with Gasteiger partial charge in [0, 0.05) is 6.54 Å². The van der Waals surface area contributed by atoms with Gasteiger partial charge >= 0.3 is 0 Å². The lowest BCUT2D eigenvalue weighted by molar-refractivity contribution is 0.215. The Bertz CT molecular complexity index is 427. The second kappa shape index (κ2) is 6.82. The Morgan fingerprint density at radius 2 is 2.21 bits per heavy atom. The molecule has 1 fully saturated rings. The third-order valence-electron chi connectivity index (χ3n) is 3.70. The van der Waals surface area contributed by atoms with Crippen molar-refractivity contribution >= 4 is 23.0 Å². The molecular formula is C14H22N4S. The van der Waals surface area contributed by atoms with Gasteiger partial charge in [-0.1, -0.05) is 18.3 Å². The number of pyridine rings is 1. The number of aromatic nitrogens is 1. The van der Waals surface area contributed by atoms with Gasteiger partial charge in [-0.3, -0.25) is 0 Å². The van der Waals surface area contributed by atoms with Crippen LogP contribution in [-0.2, 0) is 0 Å². The van der Waals surface area contributed by atoms with Gasteiger partial charge < -0.3 is 16.0 Å². The summed E-state index contributed by atoms with van der Waals surface area (Å²) in [5.74, 6) is 1.70. The monoisotopic (exact) mass is 278 g/mol. The van der Waals surface area contributed by atoms with E-state index in [4.69, 9.17) is 18.0 Å². The average Bonchev–Trinajstić information content (AvgIpc) is 2.41. The lowest BCUT2D eigenvalue weighted by Crippen LogP contribution is -2.30. The molecule has 1 aliphatic rings. The molecule has 19 heavy (non-hydrogen) atoms. The molecule has 2 heterocycles. The summed E-state index contributed by atoms with van der Waals surface area (Å²) in [5.41, 5.74) is 6.26. The van der Waals surface area contributed by atoms with Crippen LogP contribution in [0.2, 0.25) is 0 Å². The van der Waals surface area contributed by atoms with Gasteiger partial charge in [-0.05, 0) is 57.5 Å². The first-order valence-electron chi connectivity index (χ1n) is 6.84. The molecule has 0 saturated carbocycles. The first kappa shape index (κ1) is 14.2. The molecule has 1 aromatic rings. The molecular weight excluding hydrogens is 256 g/mol. The van der Waals surface area contributed by atoms with Gasteiger partial charge in [0.15, 0.2) is 0 Å². The van der Waals surface area contributed by atoms with Crippen LogP contribution in [0.3, 0.4) is 0 Å². The number of piperidine rings is 1. The second-order valence-electron chi connectivity index (χ2n) is 5.23. The topological polar surface area (TPSA) is 54.2 Å². The number of nitrogens with zero attached hydrogens (tertiary/aromatic N) is 2. The molecule has 0 amide bonds. The molecule has 0 aliphatic carbocycles. The zero-order chi connectivity index (χ0) is 13.7. The fourth-order valence-electron chi connectivity index (χ4n) is 2.43. The quantitative estimate of drug-likeness (QED) is 0.805. The van der Waals surface area contributed by atoms with E-state index in [1.165, 1.54) is 32.4 Å². The van der Waals surface area contributed by atoms with E-state index in [0.717, 1.165) is 18.3 Å². The SMILES string of the molecule is CN1CCC(CCNc2cccc(C(N)=S)n2)CC1. The summed E-state index contributed by atoms with van der Waals surface area (Å²) in [6.07, 6.45) is 3.81. The average molecular weight is 278 g/mol. The Hall–Kier alpha value is -1.20. The number of anilines is 1. The number of nitrogens with one attached hydrogen (secondary N) is 1. The molecule has 0 bridgehead atoms. The molecule has 5 heteroatoms. The Labute approximate surface area is 120 Å². The van der Waals surface area contributed by atoms with Gasteiger partial charge in [0.1, 0.15) is 10.8 Å². The highest BCUT2D eigenvalue weighted by Gasteiger charge is 2.15. The maximum Gasteiger partial charge on any atom is 0.126 e. The van der Waals surface area contributed by atoms with Crippen molar-refractivity contribution < 1.29 is 0 Å². The molecule has 0 atom stereocenters. The fourth-order valence-corrected chi connectivity index (χ4v) is 2.54. The van der Waals surface area contributed by atoms with Gasteiger partial charge in [-0.15, -0.1) is 0 Å².